The molecule has 18 heavy (non-hydrogen) atoms. The van der Waals surface area contributed by atoms with Crippen LogP contribution in [-0.4, -0.2) is 13.8 Å². The lowest BCUT2D eigenvalue weighted by Gasteiger charge is -2.09. The Labute approximate surface area is 116 Å². The summed E-state index contributed by atoms with van der Waals surface area (Å²) in [4.78, 5) is 11.9. The maximum Gasteiger partial charge on any atom is 0.339 e. The van der Waals surface area contributed by atoms with Gasteiger partial charge in [0.15, 0.2) is 0 Å². The lowest BCUT2D eigenvalue weighted by Crippen LogP contribution is -2.18. The van der Waals surface area contributed by atoms with E-state index in [0.29, 0.717) is 15.5 Å². The van der Waals surface area contributed by atoms with Gasteiger partial charge in [-0.2, -0.15) is 0 Å². The van der Waals surface area contributed by atoms with E-state index in [4.69, 9.17) is 12.6 Å². The molecule has 4 heteroatoms. The van der Waals surface area contributed by atoms with Crippen molar-refractivity contribution in [1.29, 1.82) is 0 Å². The molecule has 0 N–H and O–H groups in total. The lowest BCUT2D eigenvalue weighted by molar-refractivity contribution is 0.0473. The fraction of sp³-hybridized carbons (Fsp3) is 0.0714. The second kappa shape index (κ2) is 5.87. The molecule has 0 aliphatic heterocycles. The standard InChI is InChI=1S/C14H10BBrO2/c15-11-7-4-8-12(16)13(11)14(17)18-9-10-5-2-1-3-6-10/h1-8H,9H2. The number of carbonyl (C=O) groups excluding carboxylic acids is 1. The monoisotopic (exact) mass is 300 g/mol. The van der Waals surface area contributed by atoms with Crippen molar-refractivity contribution >= 4 is 35.2 Å². The van der Waals surface area contributed by atoms with E-state index in [0.717, 1.165) is 5.56 Å². The highest BCUT2D eigenvalue weighted by Crippen LogP contribution is 2.15. The number of halogens is 1. The van der Waals surface area contributed by atoms with Gasteiger partial charge in [-0.05, 0) is 27.6 Å². The second-order valence-electron chi connectivity index (χ2n) is 3.77. The van der Waals surface area contributed by atoms with E-state index in [-0.39, 0.29) is 6.61 Å². The van der Waals surface area contributed by atoms with E-state index in [1.165, 1.54) is 0 Å². The van der Waals surface area contributed by atoms with Crippen LogP contribution in [0, 0.1) is 0 Å². The number of hydrogen-bond acceptors (Lipinski definition) is 2. The molecule has 0 saturated heterocycles. The molecular formula is C14H10BBrO2. The molecule has 0 bridgehead atoms. The van der Waals surface area contributed by atoms with Crippen molar-refractivity contribution in [2.24, 2.45) is 0 Å². The van der Waals surface area contributed by atoms with Crippen molar-refractivity contribution in [1.82, 2.24) is 0 Å². The smallest absolute Gasteiger partial charge is 0.339 e. The molecule has 0 aromatic heterocycles. The number of esters is 1. The van der Waals surface area contributed by atoms with Crippen molar-refractivity contribution in [3.63, 3.8) is 0 Å². The molecule has 0 aliphatic carbocycles. The van der Waals surface area contributed by atoms with Gasteiger partial charge in [0.1, 0.15) is 14.5 Å². The summed E-state index contributed by atoms with van der Waals surface area (Å²) in [5.41, 5.74) is 1.72. The molecule has 0 atom stereocenters. The average molecular weight is 301 g/mol. The van der Waals surface area contributed by atoms with Crippen molar-refractivity contribution in [2.45, 2.75) is 6.61 Å². The van der Waals surface area contributed by atoms with E-state index in [2.05, 4.69) is 15.9 Å². The van der Waals surface area contributed by atoms with Gasteiger partial charge in [0.25, 0.3) is 0 Å². The van der Waals surface area contributed by atoms with Gasteiger partial charge in [0.2, 0.25) is 0 Å². The van der Waals surface area contributed by atoms with Crippen LogP contribution in [0.1, 0.15) is 15.9 Å². The minimum Gasteiger partial charge on any atom is -0.457 e. The zero-order valence-corrected chi connectivity index (χ0v) is 11.2. The largest absolute Gasteiger partial charge is 0.457 e. The molecule has 2 nitrogen and oxygen atoms in total. The summed E-state index contributed by atoms with van der Waals surface area (Å²) >= 11 is 3.29. The van der Waals surface area contributed by atoms with Gasteiger partial charge in [-0.1, -0.05) is 47.9 Å². The maximum atomic E-state index is 11.9. The first-order valence-corrected chi connectivity index (χ1v) is 6.23. The van der Waals surface area contributed by atoms with Gasteiger partial charge in [0.05, 0.1) is 5.56 Å². The number of rotatable bonds is 3. The third kappa shape index (κ3) is 3.02. The average Bonchev–Trinajstić information content (AvgIpc) is 2.37. The van der Waals surface area contributed by atoms with E-state index in [9.17, 15) is 4.79 Å². The van der Waals surface area contributed by atoms with E-state index < -0.39 is 5.97 Å². The summed E-state index contributed by atoms with van der Waals surface area (Å²) in [7, 11) is 5.76. The van der Waals surface area contributed by atoms with Crippen molar-refractivity contribution in [3.8, 4) is 0 Å². The lowest BCUT2D eigenvalue weighted by atomic mass is 9.91. The molecule has 0 amide bonds. The van der Waals surface area contributed by atoms with Crippen LogP contribution in [0.25, 0.3) is 0 Å². The summed E-state index contributed by atoms with van der Waals surface area (Å²) in [6.07, 6.45) is 0. The van der Waals surface area contributed by atoms with Gasteiger partial charge in [-0.25, -0.2) is 4.79 Å². The van der Waals surface area contributed by atoms with Crippen LogP contribution in [0.5, 0.6) is 0 Å². The summed E-state index contributed by atoms with van der Waals surface area (Å²) in [5.74, 6) is -0.427. The van der Waals surface area contributed by atoms with Crippen LogP contribution in [-0.2, 0) is 11.3 Å². The van der Waals surface area contributed by atoms with Crippen LogP contribution in [0.4, 0.5) is 0 Å². The predicted octanol–water partition coefficient (Wildman–Crippen LogP) is 2.60. The molecule has 2 aromatic rings. The molecular weight excluding hydrogens is 291 g/mol. The third-order valence-corrected chi connectivity index (χ3v) is 3.12. The Balaban J connectivity index is 2.09. The third-order valence-electron chi connectivity index (χ3n) is 2.46. The number of carbonyl (C=O) groups is 1. The van der Waals surface area contributed by atoms with Crippen LogP contribution < -0.4 is 5.46 Å². The summed E-state index contributed by atoms with van der Waals surface area (Å²) in [5, 5.41) is 0. The predicted molar refractivity (Wildman–Crippen MR) is 75.1 cm³/mol. The first kappa shape index (κ1) is 12.9. The molecule has 0 unspecified atom stereocenters. The zero-order valence-electron chi connectivity index (χ0n) is 9.60. The van der Waals surface area contributed by atoms with Gasteiger partial charge in [-0.3, -0.25) is 0 Å². The molecule has 88 valence electrons. The Hall–Kier alpha value is -1.55. The minimum absolute atomic E-state index is 0.237. The Morgan fingerprint density at radius 2 is 1.83 bits per heavy atom. The van der Waals surface area contributed by atoms with Gasteiger partial charge < -0.3 is 4.74 Å². The maximum absolute atomic E-state index is 11.9. The SMILES string of the molecule is [B]c1cccc(Br)c1C(=O)OCc1ccccc1. The molecule has 2 rings (SSSR count). The van der Waals surface area contributed by atoms with Crippen molar-refractivity contribution < 1.29 is 9.53 Å². The molecule has 0 aliphatic rings. The highest BCUT2D eigenvalue weighted by Gasteiger charge is 2.13. The Morgan fingerprint density at radius 3 is 2.50 bits per heavy atom. The topological polar surface area (TPSA) is 26.3 Å². The van der Waals surface area contributed by atoms with Crippen LogP contribution in [0.15, 0.2) is 53.0 Å². The van der Waals surface area contributed by atoms with Crippen molar-refractivity contribution in [3.05, 3.63) is 64.1 Å². The first-order valence-electron chi connectivity index (χ1n) is 5.43. The van der Waals surface area contributed by atoms with Gasteiger partial charge in [-0.15, -0.1) is 0 Å². The fourth-order valence-electron chi connectivity index (χ4n) is 1.55. The van der Waals surface area contributed by atoms with Gasteiger partial charge >= 0.3 is 5.97 Å². The fourth-order valence-corrected chi connectivity index (χ4v) is 2.09. The summed E-state index contributed by atoms with van der Waals surface area (Å²) in [6, 6.07) is 14.7. The van der Waals surface area contributed by atoms with Gasteiger partial charge in [0, 0.05) is 4.47 Å². The van der Waals surface area contributed by atoms with Crippen molar-refractivity contribution in [2.75, 3.05) is 0 Å². The Morgan fingerprint density at radius 1 is 1.11 bits per heavy atom. The van der Waals surface area contributed by atoms with E-state index >= 15 is 0 Å². The molecule has 2 radical (unpaired) electrons. The molecule has 0 heterocycles. The minimum atomic E-state index is -0.427. The number of benzene rings is 2. The Kier molecular flexibility index (Phi) is 4.21. The normalized spacial score (nSPS) is 10.1. The zero-order chi connectivity index (χ0) is 13.0. The molecule has 2 aromatic carbocycles. The first-order chi connectivity index (χ1) is 8.68. The van der Waals surface area contributed by atoms with Crippen LogP contribution >= 0.6 is 15.9 Å². The quantitative estimate of drug-likeness (QED) is 0.643. The van der Waals surface area contributed by atoms with E-state index in [1.807, 2.05) is 30.3 Å². The highest BCUT2D eigenvalue weighted by atomic mass is 79.9. The second-order valence-corrected chi connectivity index (χ2v) is 4.62. The number of ether oxygens (including phenoxy) is 1. The molecule has 0 fully saturated rings. The summed E-state index contributed by atoms with van der Waals surface area (Å²) in [6.45, 7) is 0.237. The highest BCUT2D eigenvalue weighted by molar-refractivity contribution is 9.10. The molecule has 0 saturated carbocycles. The Bertz CT molecular complexity index is 535. The van der Waals surface area contributed by atoms with Crippen LogP contribution in [0.2, 0.25) is 0 Å². The number of hydrogen-bond donors (Lipinski definition) is 0. The van der Waals surface area contributed by atoms with E-state index in [1.54, 1.807) is 18.2 Å². The molecule has 0 spiro atoms. The van der Waals surface area contributed by atoms with Crippen LogP contribution in [0.3, 0.4) is 0 Å². The summed E-state index contributed by atoms with van der Waals surface area (Å²) < 4.78 is 5.87.